The maximum Gasteiger partial charge on any atom is 0.191 e. The normalized spacial score (nSPS) is 17.0. The summed E-state index contributed by atoms with van der Waals surface area (Å²) in [7, 11) is 1.81. The van der Waals surface area contributed by atoms with Gasteiger partial charge >= 0.3 is 0 Å². The van der Waals surface area contributed by atoms with Gasteiger partial charge in [0.25, 0.3) is 0 Å². The molecule has 0 atom stereocenters. The van der Waals surface area contributed by atoms with Crippen LogP contribution in [0, 0.1) is 0 Å². The van der Waals surface area contributed by atoms with Crippen molar-refractivity contribution in [1.82, 2.24) is 20.4 Å². The number of nitrogens with zero attached hydrogens (tertiary/aromatic N) is 3. The minimum absolute atomic E-state index is 0.804. The molecule has 2 rings (SSSR count). The van der Waals surface area contributed by atoms with Crippen LogP contribution in [0.3, 0.4) is 0 Å². The molecule has 0 unspecified atom stereocenters. The van der Waals surface area contributed by atoms with Crippen molar-refractivity contribution < 1.29 is 0 Å². The summed E-state index contributed by atoms with van der Waals surface area (Å²) < 4.78 is 0. The van der Waals surface area contributed by atoms with Crippen molar-refractivity contribution in [1.29, 1.82) is 0 Å². The SMILES string of the molecule is CCCNC(=NC)NCc1ccc(CN2CCN(CC)CC2)cc1. The van der Waals surface area contributed by atoms with Gasteiger partial charge in [-0.25, -0.2) is 0 Å². The fraction of sp³-hybridized carbons (Fsp3) is 0.632. The molecular formula is C19H33N5. The minimum atomic E-state index is 0.804. The van der Waals surface area contributed by atoms with Gasteiger partial charge in [-0.1, -0.05) is 38.1 Å². The summed E-state index contributed by atoms with van der Waals surface area (Å²) in [6, 6.07) is 8.95. The van der Waals surface area contributed by atoms with E-state index in [0.29, 0.717) is 0 Å². The van der Waals surface area contributed by atoms with Crippen LogP contribution in [0.5, 0.6) is 0 Å². The second-order valence-electron chi connectivity index (χ2n) is 6.38. The molecule has 1 saturated heterocycles. The third kappa shape index (κ3) is 6.13. The van der Waals surface area contributed by atoms with Crippen LogP contribution in [-0.4, -0.2) is 62.1 Å². The van der Waals surface area contributed by atoms with Gasteiger partial charge in [0.2, 0.25) is 0 Å². The fourth-order valence-corrected chi connectivity index (χ4v) is 2.93. The molecule has 0 spiro atoms. The van der Waals surface area contributed by atoms with Gasteiger partial charge in [-0.05, 0) is 24.1 Å². The van der Waals surface area contributed by atoms with Crippen LogP contribution >= 0.6 is 0 Å². The van der Waals surface area contributed by atoms with Crippen molar-refractivity contribution in [3.8, 4) is 0 Å². The Kier molecular flexibility index (Phi) is 8.05. The van der Waals surface area contributed by atoms with Crippen LogP contribution in [-0.2, 0) is 13.1 Å². The lowest BCUT2D eigenvalue weighted by Crippen LogP contribution is -2.45. The van der Waals surface area contributed by atoms with Gasteiger partial charge in [-0.3, -0.25) is 9.89 Å². The summed E-state index contributed by atoms with van der Waals surface area (Å²) in [6.45, 7) is 13.1. The van der Waals surface area contributed by atoms with E-state index in [1.54, 1.807) is 0 Å². The number of hydrogen-bond donors (Lipinski definition) is 2. The standard InChI is InChI=1S/C19H33N5/c1-4-10-21-19(20-3)22-15-17-6-8-18(9-7-17)16-24-13-11-23(5-2)12-14-24/h6-9H,4-5,10-16H2,1-3H3,(H2,20,21,22). The maximum absolute atomic E-state index is 4.23. The van der Waals surface area contributed by atoms with Gasteiger partial charge in [0.1, 0.15) is 0 Å². The van der Waals surface area contributed by atoms with Crippen molar-refractivity contribution in [2.24, 2.45) is 4.99 Å². The third-order valence-electron chi connectivity index (χ3n) is 4.57. The van der Waals surface area contributed by atoms with Gasteiger partial charge in [-0.2, -0.15) is 0 Å². The molecule has 5 nitrogen and oxygen atoms in total. The number of nitrogens with one attached hydrogen (secondary N) is 2. The average Bonchev–Trinajstić information content (AvgIpc) is 2.64. The van der Waals surface area contributed by atoms with E-state index < -0.39 is 0 Å². The molecule has 1 fully saturated rings. The number of likely N-dealkylation sites (N-methyl/N-ethyl adjacent to an activating group) is 1. The summed E-state index contributed by atoms with van der Waals surface area (Å²) in [5, 5.41) is 6.65. The average molecular weight is 332 g/mol. The van der Waals surface area contributed by atoms with Gasteiger partial charge in [0, 0.05) is 52.9 Å². The second kappa shape index (κ2) is 10.3. The molecule has 1 aromatic rings. The highest BCUT2D eigenvalue weighted by Gasteiger charge is 2.15. The lowest BCUT2D eigenvalue weighted by atomic mass is 10.1. The zero-order valence-electron chi connectivity index (χ0n) is 15.5. The van der Waals surface area contributed by atoms with Gasteiger partial charge in [-0.15, -0.1) is 0 Å². The van der Waals surface area contributed by atoms with Crippen molar-refractivity contribution >= 4 is 5.96 Å². The Morgan fingerprint density at radius 1 is 0.958 bits per heavy atom. The van der Waals surface area contributed by atoms with Gasteiger partial charge in [0.05, 0.1) is 0 Å². The Labute approximate surface area is 147 Å². The third-order valence-corrected chi connectivity index (χ3v) is 4.57. The summed E-state index contributed by atoms with van der Waals surface area (Å²) >= 11 is 0. The van der Waals surface area contributed by atoms with Gasteiger partial charge in [0.15, 0.2) is 5.96 Å². The molecule has 2 N–H and O–H groups in total. The number of hydrogen-bond acceptors (Lipinski definition) is 3. The van der Waals surface area contributed by atoms with E-state index in [9.17, 15) is 0 Å². The molecule has 134 valence electrons. The molecular weight excluding hydrogens is 298 g/mol. The molecule has 24 heavy (non-hydrogen) atoms. The summed E-state index contributed by atoms with van der Waals surface area (Å²) in [6.07, 6.45) is 1.10. The highest BCUT2D eigenvalue weighted by molar-refractivity contribution is 5.79. The molecule has 0 saturated carbocycles. The molecule has 0 amide bonds. The lowest BCUT2D eigenvalue weighted by Gasteiger charge is -2.34. The monoisotopic (exact) mass is 331 g/mol. The van der Waals surface area contributed by atoms with Gasteiger partial charge < -0.3 is 15.5 Å². The number of guanidine groups is 1. The van der Waals surface area contributed by atoms with E-state index in [-0.39, 0.29) is 0 Å². The minimum Gasteiger partial charge on any atom is -0.356 e. The van der Waals surface area contributed by atoms with Crippen LogP contribution in [0.4, 0.5) is 0 Å². The Morgan fingerprint density at radius 2 is 1.58 bits per heavy atom. The molecule has 1 aliphatic rings. The zero-order chi connectivity index (χ0) is 17.2. The first-order valence-electron chi connectivity index (χ1n) is 9.22. The van der Waals surface area contributed by atoms with Crippen molar-refractivity contribution in [2.75, 3.05) is 46.3 Å². The van der Waals surface area contributed by atoms with Crippen LogP contribution in [0.15, 0.2) is 29.3 Å². The van der Waals surface area contributed by atoms with E-state index in [1.807, 2.05) is 7.05 Å². The molecule has 0 bridgehead atoms. The zero-order valence-corrected chi connectivity index (χ0v) is 15.5. The molecule has 0 radical (unpaired) electrons. The predicted molar refractivity (Wildman–Crippen MR) is 102 cm³/mol. The Morgan fingerprint density at radius 3 is 2.17 bits per heavy atom. The highest BCUT2D eigenvalue weighted by atomic mass is 15.3. The summed E-state index contributed by atoms with van der Waals surface area (Å²) in [4.78, 5) is 9.30. The fourth-order valence-electron chi connectivity index (χ4n) is 2.93. The second-order valence-corrected chi connectivity index (χ2v) is 6.38. The predicted octanol–water partition coefficient (Wildman–Crippen LogP) is 1.90. The lowest BCUT2D eigenvalue weighted by molar-refractivity contribution is 0.132. The first-order valence-corrected chi connectivity index (χ1v) is 9.22. The number of rotatable bonds is 7. The van der Waals surface area contributed by atoms with Crippen molar-refractivity contribution in [3.05, 3.63) is 35.4 Å². The van der Waals surface area contributed by atoms with E-state index in [2.05, 4.69) is 63.5 Å². The molecule has 0 aliphatic carbocycles. The first kappa shape index (κ1) is 18.7. The van der Waals surface area contributed by atoms with Crippen molar-refractivity contribution in [3.63, 3.8) is 0 Å². The quantitative estimate of drug-likeness (QED) is 0.592. The van der Waals surface area contributed by atoms with Crippen molar-refractivity contribution in [2.45, 2.75) is 33.4 Å². The Balaban J connectivity index is 1.76. The van der Waals surface area contributed by atoms with E-state index in [0.717, 1.165) is 32.0 Å². The number of piperazine rings is 1. The molecule has 0 aromatic heterocycles. The van der Waals surface area contributed by atoms with Crippen LogP contribution in [0.1, 0.15) is 31.4 Å². The highest BCUT2D eigenvalue weighted by Crippen LogP contribution is 2.10. The number of aliphatic imine (C=N–C) groups is 1. The van der Waals surface area contributed by atoms with Crippen LogP contribution in [0.25, 0.3) is 0 Å². The topological polar surface area (TPSA) is 42.9 Å². The maximum atomic E-state index is 4.23. The largest absolute Gasteiger partial charge is 0.356 e. The molecule has 1 heterocycles. The van der Waals surface area contributed by atoms with Crippen LogP contribution < -0.4 is 10.6 Å². The first-order chi connectivity index (χ1) is 11.7. The van der Waals surface area contributed by atoms with E-state index >= 15 is 0 Å². The summed E-state index contributed by atoms with van der Waals surface area (Å²) in [5.41, 5.74) is 2.69. The molecule has 5 heteroatoms. The molecule has 1 aliphatic heterocycles. The summed E-state index contributed by atoms with van der Waals surface area (Å²) in [5.74, 6) is 0.870. The smallest absolute Gasteiger partial charge is 0.191 e. The van der Waals surface area contributed by atoms with E-state index in [1.165, 1.54) is 43.9 Å². The Bertz CT molecular complexity index is 489. The van der Waals surface area contributed by atoms with Crippen LogP contribution in [0.2, 0.25) is 0 Å². The Hall–Kier alpha value is -1.59. The number of benzene rings is 1. The molecule has 1 aromatic carbocycles. The van der Waals surface area contributed by atoms with E-state index in [4.69, 9.17) is 0 Å².